The van der Waals surface area contributed by atoms with Crippen molar-refractivity contribution in [2.24, 2.45) is 0 Å². The number of carbonyl (C=O) groups excluding carboxylic acids is 1. The van der Waals surface area contributed by atoms with Gasteiger partial charge in [0, 0.05) is 41.9 Å². The van der Waals surface area contributed by atoms with E-state index >= 15 is 0 Å². The van der Waals surface area contributed by atoms with Gasteiger partial charge in [-0.1, -0.05) is 16.8 Å². The van der Waals surface area contributed by atoms with Crippen LogP contribution in [0.2, 0.25) is 5.02 Å². The Kier molecular flexibility index (Phi) is 4.77. The Balaban J connectivity index is 1.55. The molecular formula is C17H14ClN3O3. The fraction of sp³-hybridized carbons (Fsp3) is 0.118. The van der Waals surface area contributed by atoms with Crippen LogP contribution in [0.1, 0.15) is 16.1 Å². The van der Waals surface area contributed by atoms with Crippen LogP contribution in [0.25, 0.3) is 11.3 Å². The van der Waals surface area contributed by atoms with Gasteiger partial charge in [0.2, 0.25) is 5.56 Å². The van der Waals surface area contributed by atoms with Crippen LogP contribution in [-0.4, -0.2) is 22.6 Å². The summed E-state index contributed by atoms with van der Waals surface area (Å²) in [6.45, 7) is 0.407. The van der Waals surface area contributed by atoms with E-state index in [0.717, 1.165) is 11.3 Å². The van der Waals surface area contributed by atoms with Gasteiger partial charge in [0.25, 0.3) is 5.91 Å². The lowest BCUT2D eigenvalue weighted by molar-refractivity contribution is 0.0953. The molecule has 0 aliphatic carbocycles. The number of amides is 1. The van der Waals surface area contributed by atoms with Gasteiger partial charge in [-0.3, -0.25) is 9.59 Å². The number of halogens is 1. The number of benzene rings is 1. The number of aromatic amines is 1. The number of pyridine rings is 1. The molecule has 2 N–H and O–H groups in total. The second-order valence-electron chi connectivity index (χ2n) is 5.14. The summed E-state index contributed by atoms with van der Waals surface area (Å²) in [5.41, 5.74) is 1.78. The summed E-state index contributed by atoms with van der Waals surface area (Å²) in [6, 6.07) is 11.9. The van der Waals surface area contributed by atoms with E-state index in [1.807, 2.05) is 18.2 Å². The van der Waals surface area contributed by atoms with Crippen molar-refractivity contribution in [3.63, 3.8) is 0 Å². The fourth-order valence-corrected chi connectivity index (χ4v) is 2.26. The van der Waals surface area contributed by atoms with Crippen LogP contribution in [-0.2, 0) is 6.42 Å². The van der Waals surface area contributed by atoms with Gasteiger partial charge in [0.05, 0.1) is 11.3 Å². The summed E-state index contributed by atoms with van der Waals surface area (Å²) in [4.78, 5) is 25.3. The average molecular weight is 344 g/mol. The largest absolute Gasteiger partial charge is 0.356 e. The van der Waals surface area contributed by atoms with Crippen molar-refractivity contribution < 1.29 is 9.32 Å². The van der Waals surface area contributed by atoms with Gasteiger partial charge < -0.3 is 14.8 Å². The van der Waals surface area contributed by atoms with Gasteiger partial charge in [0.15, 0.2) is 5.76 Å². The monoisotopic (exact) mass is 343 g/mol. The Morgan fingerprint density at radius 3 is 2.71 bits per heavy atom. The van der Waals surface area contributed by atoms with E-state index in [-0.39, 0.29) is 11.5 Å². The molecule has 7 heteroatoms. The van der Waals surface area contributed by atoms with Gasteiger partial charge in [-0.2, -0.15) is 0 Å². The van der Waals surface area contributed by atoms with Crippen molar-refractivity contribution in [3.05, 3.63) is 75.3 Å². The van der Waals surface area contributed by atoms with Crippen LogP contribution < -0.4 is 10.9 Å². The van der Waals surface area contributed by atoms with Crippen LogP contribution in [0.3, 0.4) is 0 Å². The molecule has 0 spiro atoms. The van der Waals surface area contributed by atoms with Crippen molar-refractivity contribution in [2.75, 3.05) is 6.54 Å². The zero-order chi connectivity index (χ0) is 16.9. The maximum absolute atomic E-state index is 11.9. The Hall–Kier alpha value is -2.86. The van der Waals surface area contributed by atoms with Gasteiger partial charge in [-0.05, 0) is 30.3 Å². The Morgan fingerprint density at radius 1 is 1.21 bits per heavy atom. The maximum Gasteiger partial charge on any atom is 0.252 e. The third-order valence-corrected chi connectivity index (χ3v) is 3.65. The molecule has 0 bridgehead atoms. The minimum atomic E-state index is -0.257. The fourth-order valence-electron chi connectivity index (χ4n) is 2.14. The highest BCUT2D eigenvalue weighted by atomic mass is 35.5. The molecule has 0 saturated heterocycles. The number of aromatic nitrogens is 2. The van der Waals surface area contributed by atoms with Crippen molar-refractivity contribution in [1.82, 2.24) is 15.5 Å². The summed E-state index contributed by atoms with van der Waals surface area (Å²) in [6.07, 6.45) is 1.92. The molecule has 24 heavy (non-hydrogen) atoms. The average Bonchev–Trinajstić information content (AvgIpc) is 3.05. The lowest BCUT2D eigenvalue weighted by Crippen LogP contribution is -2.26. The number of nitrogens with zero attached hydrogens (tertiary/aromatic N) is 1. The highest BCUT2D eigenvalue weighted by molar-refractivity contribution is 6.30. The SMILES string of the molecule is O=C(NCCc1cc(-c2ccc(Cl)cc2)on1)c1ccc(=O)[nH]c1. The molecule has 122 valence electrons. The van der Waals surface area contributed by atoms with E-state index in [4.69, 9.17) is 16.1 Å². The topological polar surface area (TPSA) is 88.0 Å². The Bertz CT molecular complexity index is 879. The molecule has 3 rings (SSSR count). The standard InChI is InChI=1S/C17H14ClN3O3/c18-13-4-1-11(2-5-13)15-9-14(21-24-15)7-8-19-17(23)12-3-6-16(22)20-10-12/h1-6,9-10H,7-8H2,(H,19,23)(H,20,22). The Labute approximate surface area is 142 Å². The summed E-state index contributed by atoms with van der Waals surface area (Å²) in [5, 5.41) is 7.41. The zero-order valence-corrected chi connectivity index (χ0v) is 13.3. The van der Waals surface area contributed by atoms with Crippen LogP contribution in [0, 0.1) is 0 Å². The van der Waals surface area contributed by atoms with E-state index in [0.29, 0.717) is 29.3 Å². The zero-order valence-electron chi connectivity index (χ0n) is 12.6. The number of hydrogen-bond donors (Lipinski definition) is 2. The highest BCUT2D eigenvalue weighted by Crippen LogP contribution is 2.22. The quantitative estimate of drug-likeness (QED) is 0.745. The molecule has 1 amide bonds. The molecule has 2 aromatic heterocycles. The highest BCUT2D eigenvalue weighted by Gasteiger charge is 2.08. The van der Waals surface area contributed by atoms with Gasteiger partial charge in [0.1, 0.15) is 0 Å². The molecule has 0 saturated carbocycles. The lowest BCUT2D eigenvalue weighted by atomic mass is 10.1. The summed E-state index contributed by atoms with van der Waals surface area (Å²) in [5.74, 6) is 0.390. The molecule has 0 unspecified atom stereocenters. The summed E-state index contributed by atoms with van der Waals surface area (Å²) < 4.78 is 5.30. The smallest absolute Gasteiger partial charge is 0.252 e. The predicted molar refractivity (Wildman–Crippen MR) is 90.0 cm³/mol. The van der Waals surface area contributed by atoms with Gasteiger partial charge in [-0.15, -0.1) is 0 Å². The van der Waals surface area contributed by atoms with Crippen molar-refractivity contribution in [1.29, 1.82) is 0 Å². The second-order valence-corrected chi connectivity index (χ2v) is 5.57. The third-order valence-electron chi connectivity index (χ3n) is 3.40. The first-order valence-electron chi connectivity index (χ1n) is 7.30. The molecule has 0 atom stereocenters. The molecule has 3 aromatic rings. The summed E-state index contributed by atoms with van der Waals surface area (Å²) >= 11 is 5.86. The third kappa shape index (κ3) is 3.91. The molecule has 0 fully saturated rings. The second kappa shape index (κ2) is 7.14. The number of H-pyrrole nitrogens is 1. The minimum absolute atomic E-state index is 0.246. The number of rotatable bonds is 5. The van der Waals surface area contributed by atoms with Crippen molar-refractivity contribution in [3.8, 4) is 11.3 Å². The molecule has 0 radical (unpaired) electrons. The van der Waals surface area contributed by atoms with Crippen molar-refractivity contribution >= 4 is 17.5 Å². The molecule has 6 nitrogen and oxygen atoms in total. The summed E-state index contributed by atoms with van der Waals surface area (Å²) in [7, 11) is 0. The normalized spacial score (nSPS) is 10.5. The first kappa shape index (κ1) is 16.0. The van der Waals surface area contributed by atoms with Crippen LogP contribution in [0.5, 0.6) is 0 Å². The number of nitrogens with one attached hydrogen (secondary N) is 2. The molecule has 0 aliphatic rings. The molecule has 2 heterocycles. The Morgan fingerprint density at radius 2 is 2.00 bits per heavy atom. The van der Waals surface area contributed by atoms with Crippen LogP contribution in [0.15, 0.2) is 58.0 Å². The number of carbonyl (C=O) groups is 1. The molecular weight excluding hydrogens is 330 g/mol. The van der Waals surface area contributed by atoms with Gasteiger partial charge in [-0.25, -0.2) is 0 Å². The van der Waals surface area contributed by atoms with E-state index in [1.165, 1.54) is 18.3 Å². The predicted octanol–water partition coefficient (Wildman–Crippen LogP) is 2.66. The van der Waals surface area contributed by atoms with Crippen molar-refractivity contribution in [2.45, 2.75) is 6.42 Å². The minimum Gasteiger partial charge on any atom is -0.356 e. The van der Waals surface area contributed by atoms with Crippen LogP contribution >= 0.6 is 11.6 Å². The molecule has 0 aliphatic heterocycles. The molecule has 1 aromatic carbocycles. The first-order chi connectivity index (χ1) is 11.6. The van der Waals surface area contributed by atoms with E-state index in [9.17, 15) is 9.59 Å². The lowest BCUT2D eigenvalue weighted by Gasteiger charge is -2.02. The van der Waals surface area contributed by atoms with Gasteiger partial charge >= 0.3 is 0 Å². The van der Waals surface area contributed by atoms with Crippen LogP contribution in [0.4, 0.5) is 0 Å². The maximum atomic E-state index is 11.9. The van der Waals surface area contributed by atoms with E-state index < -0.39 is 0 Å². The number of hydrogen-bond acceptors (Lipinski definition) is 4. The van der Waals surface area contributed by atoms with E-state index in [1.54, 1.807) is 12.1 Å². The van der Waals surface area contributed by atoms with E-state index in [2.05, 4.69) is 15.5 Å². The first-order valence-corrected chi connectivity index (χ1v) is 7.68.